The summed E-state index contributed by atoms with van der Waals surface area (Å²) in [5.41, 5.74) is 0.947. The van der Waals surface area contributed by atoms with Gasteiger partial charge in [-0.25, -0.2) is 0 Å². The monoisotopic (exact) mass is 303 g/mol. The molecule has 0 aliphatic carbocycles. The van der Waals surface area contributed by atoms with Gasteiger partial charge in [0.1, 0.15) is 0 Å². The van der Waals surface area contributed by atoms with Gasteiger partial charge in [0.15, 0.2) is 5.82 Å². The van der Waals surface area contributed by atoms with E-state index >= 15 is 0 Å². The normalized spacial score (nSPS) is 18.6. The molecule has 7 nitrogen and oxygen atoms in total. The van der Waals surface area contributed by atoms with Crippen LogP contribution in [0.25, 0.3) is 0 Å². The van der Waals surface area contributed by atoms with Crippen molar-refractivity contribution in [2.75, 3.05) is 13.1 Å². The van der Waals surface area contributed by atoms with Crippen LogP contribution in [0.3, 0.4) is 0 Å². The van der Waals surface area contributed by atoms with Crippen LogP contribution in [0.1, 0.15) is 43.0 Å². The first-order chi connectivity index (χ1) is 10.7. The zero-order valence-electron chi connectivity index (χ0n) is 13.0. The summed E-state index contributed by atoms with van der Waals surface area (Å²) >= 11 is 0. The molecule has 0 aromatic carbocycles. The fraction of sp³-hybridized carbons (Fsp3) is 0.600. The molecule has 0 bridgehead atoms. The molecule has 0 N–H and O–H groups in total. The number of carbonyl (C=O) groups excluding carboxylic acids is 1. The highest BCUT2D eigenvalue weighted by Crippen LogP contribution is 2.25. The van der Waals surface area contributed by atoms with E-state index in [0.29, 0.717) is 18.9 Å². The number of hydrogen-bond donors (Lipinski definition) is 0. The van der Waals surface area contributed by atoms with Gasteiger partial charge in [-0.15, -0.1) is 0 Å². The van der Waals surface area contributed by atoms with Crippen molar-refractivity contribution in [2.45, 2.75) is 38.5 Å². The second-order valence-corrected chi connectivity index (χ2v) is 5.78. The van der Waals surface area contributed by atoms with Crippen LogP contribution in [0.5, 0.6) is 0 Å². The lowest BCUT2D eigenvalue weighted by Crippen LogP contribution is -2.40. The summed E-state index contributed by atoms with van der Waals surface area (Å²) in [7, 11) is 1.85. The van der Waals surface area contributed by atoms with Gasteiger partial charge in [-0.3, -0.25) is 9.48 Å². The first kappa shape index (κ1) is 14.7. The van der Waals surface area contributed by atoms with E-state index in [1.807, 2.05) is 25.1 Å². The van der Waals surface area contributed by atoms with Crippen molar-refractivity contribution in [3.8, 4) is 0 Å². The molecule has 1 unspecified atom stereocenters. The molecule has 3 heterocycles. The number of likely N-dealkylation sites (tertiary alicyclic amines) is 1. The largest absolute Gasteiger partial charge is 0.342 e. The highest BCUT2D eigenvalue weighted by atomic mass is 16.5. The Hall–Kier alpha value is -2.18. The number of rotatable bonds is 4. The molecule has 0 radical (unpaired) electrons. The first-order valence-corrected chi connectivity index (χ1v) is 7.73. The van der Waals surface area contributed by atoms with Gasteiger partial charge in [0.05, 0.1) is 12.6 Å². The number of amides is 1. The third-order valence-corrected chi connectivity index (χ3v) is 4.04. The predicted octanol–water partition coefficient (Wildman–Crippen LogP) is 1.31. The van der Waals surface area contributed by atoms with E-state index < -0.39 is 0 Å². The molecule has 2 aromatic heterocycles. The zero-order chi connectivity index (χ0) is 15.5. The van der Waals surface area contributed by atoms with Gasteiger partial charge in [-0.2, -0.15) is 10.1 Å². The Kier molecular flexibility index (Phi) is 4.22. The lowest BCUT2D eigenvalue weighted by atomic mass is 9.97. The second-order valence-electron chi connectivity index (χ2n) is 5.78. The van der Waals surface area contributed by atoms with E-state index in [9.17, 15) is 4.79 Å². The van der Waals surface area contributed by atoms with Gasteiger partial charge < -0.3 is 9.42 Å². The maximum absolute atomic E-state index is 12.4. The van der Waals surface area contributed by atoms with Crippen molar-refractivity contribution in [2.24, 2.45) is 7.05 Å². The summed E-state index contributed by atoms with van der Waals surface area (Å²) in [6.45, 7) is 3.46. The summed E-state index contributed by atoms with van der Waals surface area (Å²) in [6.07, 6.45) is 6.73. The quantitative estimate of drug-likeness (QED) is 0.851. The molecule has 1 aliphatic heterocycles. The fourth-order valence-corrected chi connectivity index (χ4v) is 2.84. The Morgan fingerprint density at radius 2 is 2.36 bits per heavy atom. The molecule has 1 amide bonds. The van der Waals surface area contributed by atoms with E-state index in [-0.39, 0.29) is 11.8 Å². The Morgan fingerprint density at radius 3 is 3.05 bits per heavy atom. The Bertz CT molecular complexity index is 648. The molecular formula is C15H21N5O2. The molecule has 118 valence electrons. The van der Waals surface area contributed by atoms with Crippen molar-refractivity contribution in [1.82, 2.24) is 24.8 Å². The molecule has 1 fully saturated rings. The van der Waals surface area contributed by atoms with Gasteiger partial charge in [-0.05, 0) is 18.4 Å². The van der Waals surface area contributed by atoms with Crippen LogP contribution >= 0.6 is 0 Å². The van der Waals surface area contributed by atoms with E-state index in [1.165, 1.54) is 0 Å². The molecule has 1 atom stereocenters. The predicted molar refractivity (Wildman–Crippen MR) is 79.1 cm³/mol. The van der Waals surface area contributed by atoms with E-state index in [2.05, 4.69) is 15.2 Å². The highest BCUT2D eigenvalue weighted by molar-refractivity contribution is 5.78. The van der Waals surface area contributed by atoms with E-state index in [4.69, 9.17) is 4.52 Å². The van der Waals surface area contributed by atoms with Crippen LogP contribution in [0.4, 0.5) is 0 Å². The van der Waals surface area contributed by atoms with Crippen molar-refractivity contribution in [3.63, 3.8) is 0 Å². The minimum absolute atomic E-state index is 0.136. The standard InChI is InChI=1S/C15H21N5O2/c1-3-13-17-15(18-22-13)12-5-4-6-20(10-12)14(21)7-11-8-16-19(2)9-11/h8-9,12H,3-7,10H2,1-2H3. The Balaban J connectivity index is 1.63. The summed E-state index contributed by atoms with van der Waals surface area (Å²) in [4.78, 5) is 18.7. The number of hydrogen-bond acceptors (Lipinski definition) is 5. The molecule has 1 saturated heterocycles. The van der Waals surface area contributed by atoms with E-state index in [0.717, 1.165) is 37.2 Å². The van der Waals surface area contributed by atoms with Gasteiger partial charge in [0.25, 0.3) is 0 Å². The lowest BCUT2D eigenvalue weighted by molar-refractivity contribution is -0.131. The second kappa shape index (κ2) is 6.29. The van der Waals surface area contributed by atoms with Crippen LogP contribution in [-0.4, -0.2) is 43.8 Å². The van der Waals surface area contributed by atoms with Crippen LogP contribution in [-0.2, 0) is 24.7 Å². The number of aromatic nitrogens is 4. The van der Waals surface area contributed by atoms with Crippen molar-refractivity contribution >= 4 is 5.91 Å². The number of aryl methyl sites for hydroxylation is 2. The summed E-state index contributed by atoms with van der Waals surface area (Å²) < 4.78 is 6.90. The summed E-state index contributed by atoms with van der Waals surface area (Å²) in [5.74, 6) is 1.71. The van der Waals surface area contributed by atoms with Crippen LogP contribution in [0, 0.1) is 0 Å². The van der Waals surface area contributed by atoms with Crippen molar-refractivity contribution < 1.29 is 9.32 Å². The lowest BCUT2D eigenvalue weighted by Gasteiger charge is -2.31. The van der Waals surface area contributed by atoms with Crippen molar-refractivity contribution in [3.05, 3.63) is 29.7 Å². The molecule has 0 spiro atoms. The summed E-state index contributed by atoms with van der Waals surface area (Å²) in [6, 6.07) is 0. The fourth-order valence-electron chi connectivity index (χ4n) is 2.84. The molecule has 1 aliphatic rings. The van der Waals surface area contributed by atoms with Crippen LogP contribution < -0.4 is 0 Å². The van der Waals surface area contributed by atoms with Gasteiger partial charge in [0, 0.05) is 38.7 Å². The topological polar surface area (TPSA) is 77.1 Å². The third kappa shape index (κ3) is 3.18. The molecule has 3 rings (SSSR count). The van der Waals surface area contributed by atoms with E-state index in [1.54, 1.807) is 10.9 Å². The minimum atomic E-state index is 0.136. The Morgan fingerprint density at radius 1 is 1.50 bits per heavy atom. The van der Waals surface area contributed by atoms with Gasteiger partial charge in [0.2, 0.25) is 11.8 Å². The van der Waals surface area contributed by atoms with Gasteiger partial charge in [-0.1, -0.05) is 12.1 Å². The first-order valence-electron chi connectivity index (χ1n) is 7.73. The van der Waals surface area contributed by atoms with Gasteiger partial charge >= 0.3 is 0 Å². The molecular weight excluding hydrogens is 282 g/mol. The molecule has 22 heavy (non-hydrogen) atoms. The number of nitrogens with zero attached hydrogens (tertiary/aromatic N) is 5. The number of carbonyl (C=O) groups is 1. The molecule has 0 saturated carbocycles. The van der Waals surface area contributed by atoms with Crippen LogP contribution in [0.2, 0.25) is 0 Å². The summed E-state index contributed by atoms with van der Waals surface area (Å²) in [5, 5.41) is 8.16. The average molecular weight is 303 g/mol. The Labute approximate surface area is 129 Å². The zero-order valence-corrected chi connectivity index (χ0v) is 13.0. The van der Waals surface area contributed by atoms with Crippen molar-refractivity contribution in [1.29, 1.82) is 0 Å². The van der Waals surface area contributed by atoms with Crippen LogP contribution in [0.15, 0.2) is 16.9 Å². The maximum Gasteiger partial charge on any atom is 0.227 e. The minimum Gasteiger partial charge on any atom is -0.342 e. The molecule has 7 heteroatoms. The average Bonchev–Trinajstić information content (AvgIpc) is 3.16. The highest BCUT2D eigenvalue weighted by Gasteiger charge is 2.28. The number of piperidine rings is 1. The third-order valence-electron chi connectivity index (χ3n) is 4.04. The molecule has 2 aromatic rings. The maximum atomic E-state index is 12.4. The SMILES string of the molecule is CCc1nc(C2CCCN(C(=O)Cc3cnn(C)c3)C2)no1. The smallest absolute Gasteiger partial charge is 0.227 e.